The molecule has 1 aromatic carbocycles. The van der Waals surface area contributed by atoms with Crippen LogP contribution in [0.3, 0.4) is 0 Å². The molecule has 0 radical (unpaired) electrons. The number of piperidine rings is 1. The molecule has 1 fully saturated rings. The van der Waals surface area contributed by atoms with Gasteiger partial charge in [-0.3, -0.25) is 5.10 Å². The number of aromatic amines is 1. The van der Waals surface area contributed by atoms with E-state index in [1.165, 1.54) is 0 Å². The Morgan fingerprint density at radius 1 is 1.00 bits per heavy atom. The maximum absolute atomic E-state index is 13.7. The van der Waals surface area contributed by atoms with E-state index in [4.69, 9.17) is 14.7 Å². The molecule has 36 heavy (non-hydrogen) atoms. The Bertz CT molecular complexity index is 1380. The number of nitrogens with one attached hydrogen (secondary N) is 3. The molecule has 1 saturated heterocycles. The summed E-state index contributed by atoms with van der Waals surface area (Å²) in [6.45, 7) is 16.9. The number of nitrogens with zero attached hydrogens (tertiary/aromatic N) is 3. The van der Waals surface area contributed by atoms with Crippen LogP contribution in [0.25, 0.3) is 10.9 Å². The minimum Gasteiger partial charge on any atom is -0.489 e. The second-order valence-electron chi connectivity index (χ2n) is 11.6. The lowest BCUT2D eigenvalue weighted by molar-refractivity contribution is 0.158. The van der Waals surface area contributed by atoms with E-state index in [9.17, 15) is 8.42 Å². The van der Waals surface area contributed by atoms with Gasteiger partial charge in [0.2, 0.25) is 0 Å². The first-order chi connectivity index (χ1) is 16.7. The summed E-state index contributed by atoms with van der Waals surface area (Å²) in [5, 5.41) is 14.6. The van der Waals surface area contributed by atoms with Crippen LogP contribution in [0.1, 0.15) is 71.5 Å². The Labute approximate surface area is 213 Å². The molecule has 3 heterocycles. The van der Waals surface area contributed by atoms with Crippen molar-refractivity contribution < 1.29 is 13.2 Å². The van der Waals surface area contributed by atoms with Crippen LogP contribution in [0.4, 0.5) is 11.6 Å². The maximum Gasteiger partial charge on any atom is 0.186 e. The van der Waals surface area contributed by atoms with Gasteiger partial charge in [0.05, 0.1) is 10.3 Å². The number of aryl methyl sites for hydroxylation is 1. The van der Waals surface area contributed by atoms with Gasteiger partial charge in [-0.2, -0.15) is 5.10 Å². The standard InChI is InChI=1S/C26H38N6O3S/c1-15-16(2)31-32-22(15)29-23-18-13-21(36(33,34)26(6,7)8)20(35-17-9-11-27-12-10-17)14-19(18)28-24(30-23)25(3,4)5/h13-14,17,27H,9-12H2,1-8H3,(H2,28,29,30,31,32). The first-order valence-electron chi connectivity index (χ1n) is 12.5. The zero-order chi connectivity index (χ0) is 26.5. The number of ether oxygens (including phenoxy) is 1. The fourth-order valence-corrected chi connectivity index (χ4v) is 5.32. The average Bonchev–Trinajstić information content (AvgIpc) is 3.10. The lowest BCUT2D eigenvalue weighted by Gasteiger charge is -2.27. The van der Waals surface area contributed by atoms with Crippen molar-refractivity contribution in [2.45, 2.75) is 89.4 Å². The highest BCUT2D eigenvalue weighted by Crippen LogP contribution is 2.39. The summed E-state index contributed by atoms with van der Waals surface area (Å²) in [6.07, 6.45) is 1.57. The minimum atomic E-state index is -3.73. The first-order valence-corrected chi connectivity index (χ1v) is 13.9. The average molecular weight is 515 g/mol. The van der Waals surface area contributed by atoms with Gasteiger partial charge in [0, 0.05) is 28.1 Å². The number of rotatable bonds is 5. The molecule has 0 saturated carbocycles. The van der Waals surface area contributed by atoms with Crippen LogP contribution >= 0.6 is 0 Å². The van der Waals surface area contributed by atoms with E-state index >= 15 is 0 Å². The summed E-state index contributed by atoms with van der Waals surface area (Å²) in [5.74, 6) is 2.14. The summed E-state index contributed by atoms with van der Waals surface area (Å²) in [5.41, 5.74) is 2.21. The zero-order valence-corrected chi connectivity index (χ0v) is 23.4. The third-order valence-electron chi connectivity index (χ3n) is 6.60. The van der Waals surface area contributed by atoms with Gasteiger partial charge in [0.25, 0.3) is 0 Å². The fourth-order valence-electron chi connectivity index (χ4n) is 4.01. The predicted molar refractivity (Wildman–Crippen MR) is 143 cm³/mol. The van der Waals surface area contributed by atoms with Crippen LogP contribution < -0.4 is 15.4 Å². The van der Waals surface area contributed by atoms with Gasteiger partial charge in [-0.1, -0.05) is 20.8 Å². The quantitative estimate of drug-likeness (QED) is 0.447. The molecule has 4 rings (SSSR count). The molecule has 3 N–H and O–H groups in total. The van der Waals surface area contributed by atoms with E-state index in [0.717, 1.165) is 37.2 Å². The number of anilines is 2. The molecular formula is C26H38N6O3S. The highest BCUT2D eigenvalue weighted by molar-refractivity contribution is 7.92. The van der Waals surface area contributed by atoms with E-state index in [0.29, 0.717) is 34.1 Å². The van der Waals surface area contributed by atoms with Crippen molar-refractivity contribution in [3.05, 3.63) is 29.2 Å². The van der Waals surface area contributed by atoms with Crippen LogP contribution in [0.2, 0.25) is 0 Å². The van der Waals surface area contributed by atoms with Gasteiger partial charge >= 0.3 is 0 Å². The van der Waals surface area contributed by atoms with Crippen LogP contribution in [-0.2, 0) is 15.3 Å². The first kappa shape index (κ1) is 26.3. The third-order valence-corrected chi connectivity index (χ3v) is 9.11. The molecule has 0 amide bonds. The molecule has 9 nitrogen and oxygen atoms in total. The monoisotopic (exact) mass is 514 g/mol. The SMILES string of the molecule is Cc1[nH]nc(Nc2nc(C(C)(C)C)nc3cc(OC4CCNCC4)c(S(=O)(=O)C(C)(C)C)cc23)c1C. The summed E-state index contributed by atoms with van der Waals surface area (Å²) in [6, 6.07) is 3.43. The van der Waals surface area contributed by atoms with Crippen LogP contribution in [-0.4, -0.2) is 52.5 Å². The van der Waals surface area contributed by atoms with E-state index in [2.05, 4.69) is 20.8 Å². The summed E-state index contributed by atoms with van der Waals surface area (Å²) in [7, 11) is -3.73. The molecule has 10 heteroatoms. The van der Waals surface area contributed by atoms with Crippen molar-refractivity contribution in [1.82, 2.24) is 25.5 Å². The molecule has 196 valence electrons. The number of fused-ring (bicyclic) bond motifs is 1. The van der Waals surface area contributed by atoms with Crippen molar-refractivity contribution >= 4 is 32.4 Å². The Morgan fingerprint density at radius 2 is 1.67 bits per heavy atom. The van der Waals surface area contributed by atoms with Crippen molar-refractivity contribution in [3.8, 4) is 5.75 Å². The van der Waals surface area contributed by atoms with Crippen LogP contribution in [0.15, 0.2) is 17.0 Å². The fraction of sp³-hybridized carbons (Fsp3) is 0.577. The molecule has 0 bridgehead atoms. The van der Waals surface area contributed by atoms with E-state index in [1.807, 2.05) is 34.6 Å². The van der Waals surface area contributed by atoms with Gasteiger partial charge in [-0.05, 0) is 66.6 Å². The molecule has 2 aromatic heterocycles. The molecule has 1 aliphatic heterocycles. The van der Waals surface area contributed by atoms with Crippen molar-refractivity contribution in [2.75, 3.05) is 18.4 Å². The number of hydrogen-bond donors (Lipinski definition) is 3. The second-order valence-corrected chi connectivity index (χ2v) is 14.3. The van der Waals surface area contributed by atoms with E-state index < -0.39 is 14.6 Å². The molecule has 0 aliphatic carbocycles. The maximum atomic E-state index is 13.7. The summed E-state index contributed by atoms with van der Waals surface area (Å²) >= 11 is 0. The van der Waals surface area contributed by atoms with Crippen molar-refractivity contribution in [3.63, 3.8) is 0 Å². The van der Waals surface area contributed by atoms with Gasteiger partial charge < -0.3 is 15.4 Å². The molecule has 1 aliphatic rings. The normalized spacial score (nSPS) is 15.9. The highest BCUT2D eigenvalue weighted by Gasteiger charge is 2.35. The second kappa shape index (κ2) is 9.30. The smallest absolute Gasteiger partial charge is 0.186 e. The zero-order valence-electron chi connectivity index (χ0n) is 22.5. The lowest BCUT2D eigenvalue weighted by Crippen LogP contribution is -2.35. The van der Waals surface area contributed by atoms with E-state index in [-0.39, 0.29) is 16.4 Å². The molecular weight excluding hydrogens is 476 g/mol. The van der Waals surface area contributed by atoms with E-state index in [1.54, 1.807) is 32.9 Å². The molecule has 3 aromatic rings. The minimum absolute atomic E-state index is 0.0613. The number of benzene rings is 1. The number of H-pyrrole nitrogens is 1. The van der Waals surface area contributed by atoms with Gasteiger partial charge in [0.1, 0.15) is 28.4 Å². The van der Waals surface area contributed by atoms with Crippen molar-refractivity contribution in [2.24, 2.45) is 0 Å². The number of aromatic nitrogens is 4. The van der Waals surface area contributed by atoms with Crippen LogP contribution in [0.5, 0.6) is 5.75 Å². The summed E-state index contributed by atoms with van der Waals surface area (Å²) in [4.78, 5) is 9.84. The third kappa shape index (κ3) is 5.06. The highest BCUT2D eigenvalue weighted by atomic mass is 32.2. The number of hydrogen-bond acceptors (Lipinski definition) is 8. The van der Waals surface area contributed by atoms with Gasteiger partial charge in [-0.25, -0.2) is 18.4 Å². The van der Waals surface area contributed by atoms with Gasteiger partial charge in [0.15, 0.2) is 15.7 Å². The molecule has 0 spiro atoms. The van der Waals surface area contributed by atoms with Crippen molar-refractivity contribution in [1.29, 1.82) is 0 Å². The molecule has 0 atom stereocenters. The number of sulfone groups is 1. The Morgan fingerprint density at radius 3 is 2.22 bits per heavy atom. The Balaban J connectivity index is 1.97. The lowest BCUT2D eigenvalue weighted by atomic mass is 9.95. The Kier molecular flexibility index (Phi) is 6.81. The summed E-state index contributed by atoms with van der Waals surface area (Å²) < 4.78 is 32.8. The van der Waals surface area contributed by atoms with Gasteiger partial charge in [-0.15, -0.1) is 0 Å². The largest absolute Gasteiger partial charge is 0.489 e. The predicted octanol–water partition coefficient (Wildman–Crippen LogP) is 4.71. The topological polar surface area (TPSA) is 122 Å². The van der Waals surface area contributed by atoms with Crippen LogP contribution in [0, 0.1) is 13.8 Å². The Hall–Kier alpha value is -2.72. The molecule has 0 unspecified atom stereocenters.